The number of fused-ring (bicyclic) bond motifs is 1. The Hall–Kier alpha value is -2.04. The van der Waals surface area contributed by atoms with Crippen LogP contribution in [0.15, 0.2) is 89.7 Å². The molecule has 0 saturated carbocycles. The van der Waals surface area contributed by atoms with E-state index in [9.17, 15) is 0 Å². The maximum absolute atomic E-state index is 5.70. The second-order valence-corrected chi connectivity index (χ2v) is 16.2. The van der Waals surface area contributed by atoms with E-state index < -0.39 is 21.4 Å². The van der Waals surface area contributed by atoms with Gasteiger partial charge in [-0.05, 0) is 49.4 Å². The van der Waals surface area contributed by atoms with Crippen molar-refractivity contribution in [1.29, 1.82) is 0 Å². The van der Waals surface area contributed by atoms with Gasteiger partial charge in [-0.1, -0.05) is 103 Å². The smallest absolute Gasteiger partial charge is 0.407 e. The van der Waals surface area contributed by atoms with Gasteiger partial charge in [0.2, 0.25) is 0 Å². The lowest BCUT2D eigenvalue weighted by molar-refractivity contribution is 0.590. The fourth-order valence-electron chi connectivity index (χ4n) is 5.05. The molecule has 4 rings (SSSR count). The molecule has 1 heterocycles. The Morgan fingerprint density at radius 2 is 1.42 bits per heavy atom. The van der Waals surface area contributed by atoms with E-state index in [1.807, 2.05) is 0 Å². The molecule has 0 spiro atoms. The number of nitrogens with zero attached hydrogens (tertiary/aromatic N) is 2. The highest BCUT2D eigenvalue weighted by atomic mass is 31.2. The lowest BCUT2D eigenvalue weighted by atomic mass is 10.0. The largest absolute Gasteiger partial charge is 0.457 e. The summed E-state index contributed by atoms with van der Waals surface area (Å²) in [6, 6.07) is 29.4. The highest BCUT2D eigenvalue weighted by molar-refractivity contribution is 7.80. The van der Waals surface area contributed by atoms with Crippen molar-refractivity contribution in [2.45, 2.75) is 57.0 Å². The monoisotopic (exact) mass is 470 g/mol. The minimum Gasteiger partial charge on any atom is -0.457 e. The van der Waals surface area contributed by atoms with Crippen LogP contribution in [-0.4, -0.2) is 25.9 Å². The summed E-state index contributed by atoms with van der Waals surface area (Å²) in [7, 11) is -2.08. The second-order valence-electron chi connectivity index (χ2n) is 10.3. The summed E-state index contributed by atoms with van der Waals surface area (Å²) in [5, 5.41) is 2.72. The van der Waals surface area contributed by atoms with Crippen molar-refractivity contribution in [3.05, 3.63) is 96.1 Å². The van der Waals surface area contributed by atoms with Gasteiger partial charge in [0, 0.05) is 24.9 Å². The summed E-state index contributed by atoms with van der Waals surface area (Å²) in [5.74, 6) is 4.87. The minimum atomic E-state index is -2.08. The van der Waals surface area contributed by atoms with Crippen molar-refractivity contribution >= 4 is 43.8 Å². The standard InChI is InChI=1S/C27H30N2P.2CH3.Al/c1-21-18-19-22-12-11-13-23(26(22)28-21)20-30(29-27(2,3)4,24-14-7-5-8-15-24)25-16-9-6-10-17-25;;;/h5-19,21H,20H2,1-4H3;2*1H3;/q-1;;;+1. The van der Waals surface area contributed by atoms with Gasteiger partial charge in [0.25, 0.3) is 0 Å². The molecule has 0 saturated heterocycles. The van der Waals surface area contributed by atoms with Crippen molar-refractivity contribution in [1.82, 2.24) is 0 Å². The van der Waals surface area contributed by atoms with Crippen molar-refractivity contribution in [3.8, 4) is 0 Å². The summed E-state index contributed by atoms with van der Waals surface area (Å²) in [4.78, 5) is 0. The molecule has 1 aliphatic heterocycles. The van der Waals surface area contributed by atoms with Crippen molar-refractivity contribution in [2.24, 2.45) is 4.74 Å². The van der Waals surface area contributed by atoms with Crippen LogP contribution < -0.4 is 14.5 Å². The molecule has 1 aliphatic rings. The van der Waals surface area contributed by atoms with Crippen molar-refractivity contribution < 1.29 is 0 Å². The zero-order chi connectivity index (χ0) is 23.6. The molecule has 0 aromatic heterocycles. The summed E-state index contributed by atoms with van der Waals surface area (Å²) in [6.07, 6.45) is 5.62. The summed E-state index contributed by atoms with van der Waals surface area (Å²) < 4.78 is 8.41. The third-order valence-electron chi connectivity index (χ3n) is 6.19. The molecule has 4 heteroatoms. The van der Waals surface area contributed by atoms with Crippen LogP contribution >= 0.6 is 7.05 Å². The molecule has 0 amide bonds. The molecule has 0 fully saturated rings. The molecule has 3 aromatic rings. The number of hydrogen-bond donors (Lipinski definition) is 0. The Morgan fingerprint density at radius 3 is 1.94 bits per heavy atom. The topological polar surface area (TPSA) is 15.6 Å². The molecule has 1 atom stereocenters. The molecule has 170 valence electrons. The molecule has 0 bridgehead atoms. The van der Waals surface area contributed by atoms with Gasteiger partial charge in [-0.15, -0.1) is 0 Å². The van der Waals surface area contributed by atoms with Crippen LogP contribution in [0.5, 0.6) is 0 Å². The SMILES string of the molecule is CC1C=Cc2cccc(CP(=NC(C)(C)C)(c3ccccc3)c3ccccc3)c2[N]1[Al]([CH3])[CH3]. The average Bonchev–Trinajstić information content (AvgIpc) is 2.79. The molecule has 2 nitrogen and oxygen atoms in total. The van der Waals surface area contributed by atoms with E-state index in [0.29, 0.717) is 6.04 Å². The van der Waals surface area contributed by atoms with Gasteiger partial charge in [-0.2, -0.15) is 0 Å². The zero-order valence-electron chi connectivity index (χ0n) is 20.9. The fourth-order valence-corrected chi connectivity index (χ4v) is 11.0. The highest BCUT2D eigenvalue weighted by Crippen LogP contribution is 2.54. The first kappa shape index (κ1) is 24.1. The maximum Gasteiger partial charge on any atom is 0.407 e. The number of anilines is 1. The lowest BCUT2D eigenvalue weighted by Crippen LogP contribution is -2.43. The predicted molar refractivity (Wildman–Crippen MR) is 150 cm³/mol. The van der Waals surface area contributed by atoms with Crippen LogP contribution in [0, 0.1) is 0 Å². The Labute approximate surface area is 205 Å². The van der Waals surface area contributed by atoms with Crippen LogP contribution in [0.2, 0.25) is 11.6 Å². The lowest BCUT2D eigenvalue weighted by Gasteiger charge is -2.40. The number of para-hydroxylation sites is 1. The van der Waals surface area contributed by atoms with Crippen LogP contribution in [-0.2, 0) is 6.16 Å². The molecule has 0 N–H and O–H groups in total. The van der Waals surface area contributed by atoms with Crippen LogP contribution in [0.1, 0.15) is 38.8 Å². The molecule has 33 heavy (non-hydrogen) atoms. The van der Waals surface area contributed by atoms with Gasteiger partial charge in [0.05, 0.1) is 5.54 Å². The number of benzene rings is 3. The van der Waals surface area contributed by atoms with Crippen molar-refractivity contribution in [2.75, 3.05) is 3.88 Å². The molecular formula is C29H36AlN2P. The van der Waals surface area contributed by atoms with Crippen molar-refractivity contribution in [3.63, 3.8) is 0 Å². The fraction of sp³-hybridized carbons (Fsp3) is 0.310. The Bertz CT molecular complexity index is 1130. The predicted octanol–water partition coefficient (Wildman–Crippen LogP) is 7.31. The normalized spacial score (nSPS) is 15.8. The number of rotatable bonds is 5. The highest BCUT2D eigenvalue weighted by Gasteiger charge is 2.32. The first-order valence-electron chi connectivity index (χ1n) is 12.0. The Kier molecular flexibility index (Phi) is 7.07. The summed E-state index contributed by atoms with van der Waals surface area (Å²) in [5.41, 5.74) is 4.07. The first-order chi connectivity index (χ1) is 15.7. The van der Waals surface area contributed by atoms with E-state index in [-0.39, 0.29) is 5.54 Å². The van der Waals surface area contributed by atoms with Gasteiger partial charge in [-0.25, -0.2) is 0 Å². The summed E-state index contributed by atoms with van der Waals surface area (Å²) >= 11 is -1.07. The van der Waals surface area contributed by atoms with E-state index in [0.717, 1.165) is 6.16 Å². The molecule has 0 aliphatic carbocycles. The van der Waals surface area contributed by atoms with E-state index in [1.165, 1.54) is 27.4 Å². The van der Waals surface area contributed by atoms with Gasteiger partial charge in [-0.3, -0.25) is 4.74 Å². The zero-order valence-corrected chi connectivity index (χ0v) is 22.9. The maximum atomic E-state index is 5.70. The van der Waals surface area contributed by atoms with Gasteiger partial charge >= 0.3 is 14.4 Å². The molecule has 3 aromatic carbocycles. The summed E-state index contributed by atoms with van der Waals surface area (Å²) in [6.45, 7) is 9.06. The van der Waals surface area contributed by atoms with Crippen LogP contribution in [0.4, 0.5) is 5.69 Å². The van der Waals surface area contributed by atoms with E-state index >= 15 is 0 Å². The molecule has 1 unspecified atom stereocenters. The first-order valence-corrected chi connectivity index (χ1v) is 16.8. The Balaban J connectivity index is 2.02. The minimum absolute atomic E-state index is 0.145. The third kappa shape index (κ3) is 5.07. The molecule has 0 radical (unpaired) electrons. The number of hydrogen-bond acceptors (Lipinski definition) is 2. The van der Waals surface area contributed by atoms with Gasteiger partial charge < -0.3 is 3.88 Å². The van der Waals surface area contributed by atoms with Crippen LogP contribution in [0.25, 0.3) is 6.08 Å². The quantitative estimate of drug-likeness (QED) is 0.282. The van der Waals surface area contributed by atoms with E-state index in [4.69, 9.17) is 4.74 Å². The average molecular weight is 471 g/mol. The third-order valence-corrected chi connectivity index (χ3v) is 12.1. The van der Waals surface area contributed by atoms with Gasteiger partial charge in [0.15, 0.2) is 0 Å². The van der Waals surface area contributed by atoms with Gasteiger partial charge in [0.1, 0.15) is 0 Å². The molecular weight excluding hydrogens is 434 g/mol. The van der Waals surface area contributed by atoms with E-state index in [1.54, 1.807) is 0 Å². The second kappa shape index (κ2) is 9.68. The Morgan fingerprint density at radius 1 is 0.848 bits per heavy atom. The van der Waals surface area contributed by atoms with E-state index in [2.05, 4.69) is 134 Å². The van der Waals surface area contributed by atoms with Crippen LogP contribution in [0.3, 0.4) is 0 Å².